The summed E-state index contributed by atoms with van der Waals surface area (Å²) in [5, 5.41) is 3.84. The van der Waals surface area contributed by atoms with Gasteiger partial charge in [0.05, 0.1) is 0 Å². The molecule has 4 heteroatoms. The molecule has 88 valence electrons. The topological polar surface area (TPSA) is 29.1 Å². The molecule has 1 N–H and O–H groups in total. The monoisotopic (exact) mass is 347 g/mol. The summed E-state index contributed by atoms with van der Waals surface area (Å²) in [4.78, 5) is 11.5. The molecule has 0 saturated carbocycles. The number of anilines is 1. The number of hydrogen-bond donors (Lipinski definition) is 1. The van der Waals surface area contributed by atoms with Crippen LogP contribution in [0.4, 0.5) is 5.69 Å². The first-order valence-electron chi connectivity index (χ1n) is 5.25. The SMILES string of the molecule is Cc1ccc(NC(=O)CCCCBr)cc1Br. The summed E-state index contributed by atoms with van der Waals surface area (Å²) in [5.41, 5.74) is 2.01. The first-order chi connectivity index (χ1) is 7.63. The van der Waals surface area contributed by atoms with Crippen LogP contribution in [-0.2, 0) is 4.79 Å². The molecule has 0 aromatic heterocycles. The zero-order chi connectivity index (χ0) is 12.0. The van der Waals surface area contributed by atoms with E-state index < -0.39 is 0 Å². The third kappa shape index (κ3) is 4.66. The highest BCUT2D eigenvalue weighted by molar-refractivity contribution is 9.10. The van der Waals surface area contributed by atoms with Crippen LogP contribution >= 0.6 is 31.9 Å². The van der Waals surface area contributed by atoms with Crippen LogP contribution < -0.4 is 5.32 Å². The van der Waals surface area contributed by atoms with Crippen LogP contribution in [0.3, 0.4) is 0 Å². The average Bonchev–Trinajstić information content (AvgIpc) is 2.24. The predicted molar refractivity (Wildman–Crippen MR) is 75.2 cm³/mol. The standard InChI is InChI=1S/C12H15Br2NO/c1-9-5-6-10(8-11(9)14)15-12(16)4-2-3-7-13/h5-6,8H,2-4,7H2,1H3,(H,15,16). The fraction of sp³-hybridized carbons (Fsp3) is 0.417. The number of aryl methyl sites for hydroxylation is 1. The van der Waals surface area contributed by atoms with Gasteiger partial charge in [-0.05, 0) is 37.5 Å². The van der Waals surface area contributed by atoms with Crippen molar-refractivity contribution in [3.8, 4) is 0 Å². The van der Waals surface area contributed by atoms with E-state index in [1.165, 1.54) is 0 Å². The minimum absolute atomic E-state index is 0.0803. The van der Waals surface area contributed by atoms with Crippen molar-refractivity contribution in [2.24, 2.45) is 0 Å². The number of amides is 1. The Labute approximate surface area is 113 Å². The number of carbonyl (C=O) groups excluding carboxylic acids is 1. The first kappa shape index (κ1) is 13.7. The third-order valence-electron chi connectivity index (χ3n) is 2.24. The molecule has 0 bridgehead atoms. The summed E-state index contributed by atoms with van der Waals surface area (Å²) >= 11 is 6.79. The van der Waals surface area contributed by atoms with Gasteiger partial charge < -0.3 is 5.32 Å². The van der Waals surface area contributed by atoms with E-state index >= 15 is 0 Å². The minimum atomic E-state index is 0.0803. The molecule has 0 atom stereocenters. The molecule has 2 nitrogen and oxygen atoms in total. The molecule has 0 fully saturated rings. The van der Waals surface area contributed by atoms with Crippen molar-refractivity contribution in [1.29, 1.82) is 0 Å². The van der Waals surface area contributed by atoms with E-state index in [9.17, 15) is 4.79 Å². The fourth-order valence-corrected chi connectivity index (χ4v) is 2.05. The summed E-state index contributed by atoms with van der Waals surface area (Å²) in [5.74, 6) is 0.0803. The third-order valence-corrected chi connectivity index (χ3v) is 3.66. The number of hydrogen-bond acceptors (Lipinski definition) is 1. The van der Waals surface area contributed by atoms with Gasteiger partial charge in [0.25, 0.3) is 0 Å². The second-order valence-electron chi connectivity index (χ2n) is 3.66. The van der Waals surface area contributed by atoms with E-state index in [1.54, 1.807) is 0 Å². The molecular weight excluding hydrogens is 334 g/mol. The van der Waals surface area contributed by atoms with E-state index in [1.807, 2.05) is 25.1 Å². The Morgan fingerprint density at radius 3 is 2.75 bits per heavy atom. The smallest absolute Gasteiger partial charge is 0.224 e. The highest BCUT2D eigenvalue weighted by Gasteiger charge is 2.03. The highest BCUT2D eigenvalue weighted by Crippen LogP contribution is 2.20. The molecule has 16 heavy (non-hydrogen) atoms. The minimum Gasteiger partial charge on any atom is -0.326 e. The normalized spacial score (nSPS) is 10.2. The maximum Gasteiger partial charge on any atom is 0.224 e. The van der Waals surface area contributed by atoms with Crippen molar-refractivity contribution in [3.05, 3.63) is 28.2 Å². The van der Waals surface area contributed by atoms with E-state index in [-0.39, 0.29) is 5.91 Å². The predicted octanol–water partition coefficient (Wildman–Crippen LogP) is 4.26. The number of carbonyl (C=O) groups is 1. The number of rotatable bonds is 5. The Hall–Kier alpha value is -0.350. The molecule has 1 amide bonds. The largest absolute Gasteiger partial charge is 0.326 e. The van der Waals surface area contributed by atoms with Crippen LogP contribution in [0.5, 0.6) is 0 Å². The second-order valence-corrected chi connectivity index (χ2v) is 5.31. The van der Waals surface area contributed by atoms with Gasteiger partial charge in [0.2, 0.25) is 5.91 Å². The summed E-state index contributed by atoms with van der Waals surface area (Å²) in [6, 6.07) is 5.83. The molecule has 0 spiro atoms. The maximum absolute atomic E-state index is 11.5. The lowest BCUT2D eigenvalue weighted by molar-refractivity contribution is -0.116. The molecular formula is C12H15Br2NO. The van der Waals surface area contributed by atoms with Crippen molar-refractivity contribution in [3.63, 3.8) is 0 Å². The fourth-order valence-electron chi connectivity index (χ4n) is 1.27. The number of halogens is 2. The van der Waals surface area contributed by atoms with Gasteiger partial charge in [-0.15, -0.1) is 0 Å². The van der Waals surface area contributed by atoms with Gasteiger partial charge >= 0.3 is 0 Å². The summed E-state index contributed by atoms with van der Waals surface area (Å²) in [7, 11) is 0. The van der Waals surface area contributed by atoms with E-state index in [2.05, 4.69) is 37.2 Å². The van der Waals surface area contributed by atoms with Gasteiger partial charge in [0.1, 0.15) is 0 Å². The van der Waals surface area contributed by atoms with Gasteiger partial charge in [-0.3, -0.25) is 4.79 Å². The molecule has 0 unspecified atom stereocenters. The average molecular weight is 349 g/mol. The molecule has 0 aliphatic heterocycles. The molecule has 0 heterocycles. The molecule has 1 aromatic carbocycles. The molecule has 0 saturated heterocycles. The van der Waals surface area contributed by atoms with E-state index in [0.717, 1.165) is 33.9 Å². The molecule has 1 aromatic rings. The quantitative estimate of drug-likeness (QED) is 0.625. The second kappa shape index (κ2) is 7.07. The number of unbranched alkanes of at least 4 members (excludes halogenated alkanes) is 1. The van der Waals surface area contributed by atoms with Crippen molar-refractivity contribution in [2.75, 3.05) is 10.6 Å². The molecule has 0 aliphatic carbocycles. The lowest BCUT2D eigenvalue weighted by atomic mass is 10.2. The van der Waals surface area contributed by atoms with E-state index in [0.29, 0.717) is 6.42 Å². The first-order valence-corrected chi connectivity index (χ1v) is 7.17. The van der Waals surface area contributed by atoms with Gasteiger partial charge in [0, 0.05) is 21.9 Å². The Balaban J connectivity index is 2.46. The molecule has 1 rings (SSSR count). The Morgan fingerprint density at radius 1 is 1.38 bits per heavy atom. The Morgan fingerprint density at radius 2 is 2.12 bits per heavy atom. The lowest BCUT2D eigenvalue weighted by Crippen LogP contribution is -2.11. The van der Waals surface area contributed by atoms with Crippen molar-refractivity contribution < 1.29 is 4.79 Å². The highest BCUT2D eigenvalue weighted by atomic mass is 79.9. The number of nitrogens with one attached hydrogen (secondary N) is 1. The lowest BCUT2D eigenvalue weighted by Gasteiger charge is -2.06. The zero-order valence-corrected chi connectivity index (χ0v) is 12.4. The Bertz CT molecular complexity index is 366. The van der Waals surface area contributed by atoms with Gasteiger partial charge in [0.15, 0.2) is 0 Å². The van der Waals surface area contributed by atoms with Crippen LogP contribution in [-0.4, -0.2) is 11.2 Å². The van der Waals surface area contributed by atoms with Crippen molar-refractivity contribution in [2.45, 2.75) is 26.2 Å². The Kier molecular flexibility index (Phi) is 6.06. The summed E-state index contributed by atoms with van der Waals surface area (Å²) in [6.45, 7) is 2.02. The molecule has 0 aliphatic rings. The summed E-state index contributed by atoms with van der Waals surface area (Å²) < 4.78 is 1.02. The van der Waals surface area contributed by atoms with Crippen LogP contribution in [0.15, 0.2) is 22.7 Å². The van der Waals surface area contributed by atoms with Crippen LogP contribution in [0.2, 0.25) is 0 Å². The van der Waals surface area contributed by atoms with Crippen LogP contribution in [0.25, 0.3) is 0 Å². The van der Waals surface area contributed by atoms with Gasteiger partial charge in [-0.1, -0.05) is 37.9 Å². The van der Waals surface area contributed by atoms with Crippen LogP contribution in [0, 0.1) is 6.92 Å². The zero-order valence-electron chi connectivity index (χ0n) is 9.22. The molecule has 0 radical (unpaired) electrons. The van der Waals surface area contributed by atoms with Crippen molar-refractivity contribution >= 4 is 43.5 Å². The summed E-state index contributed by atoms with van der Waals surface area (Å²) in [6.07, 6.45) is 2.53. The maximum atomic E-state index is 11.5. The van der Waals surface area contributed by atoms with E-state index in [4.69, 9.17) is 0 Å². The number of benzene rings is 1. The van der Waals surface area contributed by atoms with Crippen LogP contribution in [0.1, 0.15) is 24.8 Å². The van der Waals surface area contributed by atoms with Gasteiger partial charge in [-0.2, -0.15) is 0 Å². The van der Waals surface area contributed by atoms with Crippen molar-refractivity contribution in [1.82, 2.24) is 0 Å². The van der Waals surface area contributed by atoms with Gasteiger partial charge in [-0.25, -0.2) is 0 Å². The number of alkyl halides is 1.